The number of allylic oxidation sites excluding steroid dienone is 2. The van der Waals surface area contributed by atoms with Crippen molar-refractivity contribution in [2.75, 3.05) is 0 Å². The van der Waals surface area contributed by atoms with E-state index in [1.807, 2.05) is 0 Å². The molecule has 0 N–H and O–H groups in total. The van der Waals surface area contributed by atoms with E-state index in [1.54, 1.807) is 0 Å². The van der Waals surface area contributed by atoms with Gasteiger partial charge in [0.15, 0.2) is 0 Å². The molecule has 52 valence electrons. The molecule has 0 amide bonds. The highest BCUT2D eigenvalue weighted by Crippen LogP contribution is 2.26. The summed E-state index contributed by atoms with van der Waals surface area (Å²) in [7, 11) is 0. The lowest BCUT2D eigenvalue weighted by Gasteiger charge is -2.24. The van der Waals surface area contributed by atoms with Gasteiger partial charge in [-0.1, -0.05) is 32.9 Å². The second-order valence-corrected chi connectivity index (χ2v) is 3.43. The molecular formula is C9H16. The lowest BCUT2D eigenvalue weighted by molar-refractivity contribution is 0.364. The minimum atomic E-state index is 0.807. The van der Waals surface area contributed by atoms with Crippen LogP contribution in [0, 0.1) is 17.8 Å². The summed E-state index contributed by atoms with van der Waals surface area (Å²) in [6.45, 7) is 6.93. The van der Waals surface area contributed by atoms with Gasteiger partial charge in [-0.3, -0.25) is 0 Å². The van der Waals surface area contributed by atoms with Gasteiger partial charge < -0.3 is 0 Å². The Morgan fingerprint density at radius 3 is 2.22 bits per heavy atom. The van der Waals surface area contributed by atoms with Crippen molar-refractivity contribution in [2.45, 2.75) is 27.2 Å². The summed E-state index contributed by atoms with van der Waals surface area (Å²) in [5.41, 5.74) is 0. The molecule has 0 bridgehead atoms. The first-order valence-corrected chi connectivity index (χ1v) is 3.88. The van der Waals surface area contributed by atoms with Crippen LogP contribution < -0.4 is 0 Å². The van der Waals surface area contributed by atoms with Crippen LogP contribution in [-0.2, 0) is 0 Å². The van der Waals surface area contributed by atoms with E-state index >= 15 is 0 Å². The van der Waals surface area contributed by atoms with Gasteiger partial charge in [-0.05, 0) is 24.2 Å². The average molecular weight is 124 g/mol. The Hall–Kier alpha value is -0.260. The van der Waals surface area contributed by atoms with Crippen molar-refractivity contribution in [3.8, 4) is 0 Å². The largest absolute Gasteiger partial charge is 0.0854 e. The molecule has 1 aliphatic carbocycles. The average Bonchev–Trinajstić information content (AvgIpc) is 1.80. The topological polar surface area (TPSA) is 0 Å². The minimum Gasteiger partial charge on any atom is -0.0854 e. The fraction of sp³-hybridized carbons (Fsp3) is 0.778. The van der Waals surface area contributed by atoms with Crippen molar-refractivity contribution in [1.29, 1.82) is 0 Å². The molecule has 0 aromatic heterocycles. The van der Waals surface area contributed by atoms with E-state index in [-0.39, 0.29) is 0 Å². The normalized spacial score (nSPS) is 43.2. The van der Waals surface area contributed by atoms with E-state index in [4.69, 9.17) is 0 Å². The lowest BCUT2D eigenvalue weighted by atomic mass is 9.82. The van der Waals surface area contributed by atoms with Crippen molar-refractivity contribution in [1.82, 2.24) is 0 Å². The molecule has 0 aromatic carbocycles. The maximum Gasteiger partial charge on any atom is -0.0236 e. The fourth-order valence-electron chi connectivity index (χ4n) is 1.43. The van der Waals surface area contributed by atoms with Gasteiger partial charge in [-0.2, -0.15) is 0 Å². The first-order valence-electron chi connectivity index (χ1n) is 3.88. The Bertz CT molecular complexity index is 113. The van der Waals surface area contributed by atoms with E-state index in [0.717, 1.165) is 17.8 Å². The SMILES string of the molecule is CC1C=CC(C)C(C)C1. The van der Waals surface area contributed by atoms with Gasteiger partial charge in [0, 0.05) is 0 Å². The van der Waals surface area contributed by atoms with Crippen LogP contribution in [0.1, 0.15) is 27.2 Å². The zero-order chi connectivity index (χ0) is 6.85. The molecule has 9 heavy (non-hydrogen) atoms. The number of hydrogen-bond acceptors (Lipinski definition) is 0. The van der Waals surface area contributed by atoms with Crippen LogP contribution in [0.25, 0.3) is 0 Å². The number of hydrogen-bond donors (Lipinski definition) is 0. The Morgan fingerprint density at radius 2 is 1.78 bits per heavy atom. The predicted octanol–water partition coefficient (Wildman–Crippen LogP) is 2.85. The lowest BCUT2D eigenvalue weighted by Crippen LogP contribution is -2.13. The Morgan fingerprint density at radius 1 is 1.11 bits per heavy atom. The molecule has 1 rings (SSSR count). The van der Waals surface area contributed by atoms with E-state index < -0.39 is 0 Å². The number of rotatable bonds is 0. The highest BCUT2D eigenvalue weighted by molar-refractivity contribution is 4.97. The van der Waals surface area contributed by atoms with Crippen LogP contribution in [0.15, 0.2) is 12.2 Å². The van der Waals surface area contributed by atoms with E-state index in [1.165, 1.54) is 6.42 Å². The van der Waals surface area contributed by atoms with Gasteiger partial charge in [0.2, 0.25) is 0 Å². The quantitative estimate of drug-likeness (QED) is 0.435. The van der Waals surface area contributed by atoms with E-state index in [0.29, 0.717) is 0 Å². The van der Waals surface area contributed by atoms with Crippen LogP contribution in [0.5, 0.6) is 0 Å². The zero-order valence-corrected chi connectivity index (χ0v) is 6.59. The van der Waals surface area contributed by atoms with Gasteiger partial charge in [-0.25, -0.2) is 0 Å². The maximum absolute atomic E-state index is 2.35. The van der Waals surface area contributed by atoms with Crippen LogP contribution in [0.4, 0.5) is 0 Å². The van der Waals surface area contributed by atoms with Gasteiger partial charge in [0.25, 0.3) is 0 Å². The monoisotopic (exact) mass is 124 g/mol. The molecule has 0 fully saturated rings. The smallest absolute Gasteiger partial charge is 0.0236 e. The third kappa shape index (κ3) is 1.57. The maximum atomic E-state index is 2.35. The molecule has 0 spiro atoms. The van der Waals surface area contributed by atoms with Crippen LogP contribution >= 0.6 is 0 Å². The Kier molecular flexibility index (Phi) is 1.94. The molecule has 1 aliphatic rings. The summed E-state index contributed by atoms with van der Waals surface area (Å²) in [5.74, 6) is 2.52. The molecule has 0 radical (unpaired) electrons. The Balaban J connectivity index is 2.54. The van der Waals surface area contributed by atoms with Gasteiger partial charge in [-0.15, -0.1) is 0 Å². The summed E-state index contributed by atoms with van der Waals surface area (Å²) < 4.78 is 0. The molecule has 0 nitrogen and oxygen atoms in total. The summed E-state index contributed by atoms with van der Waals surface area (Å²) in [4.78, 5) is 0. The Labute approximate surface area is 58.0 Å². The fourth-order valence-corrected chi connectivity index (χ4v) is 1.43. The summed E-state index contributed by atoms with van der Waals surface area (Å²) >= 11 is 0. The van der Waals surface area contributed by atoms with Crippen LogP contribution in [0.2, 0.25) is 0 Å². The van der Waals surface area contributed by atoms with Crippen molar-refractivity contribution in [2.24, 2.45) is 17.8 Å². The van der Waals surface area contributed by atoms with E-state index in [9.17, 15) is 0 Å². The molecule has 3 atom stereocenters. The third-order valence-electron chi connectivity index (χ3n) is 2.38. The standard InChI is InChI=1S/C9H16/c1-7-4-5-8(2)9(3)6-7/h4-5,7-9H,6H2,1-3H3. The minimum absolute atomic E-state index is 0.807. The zero-order valence-electron chi connectivity index (χ0n) is 6.59. The molecule has 0 heterocycles. The van der Waals surface area contributed by atoms with Gasteiger partial charge in [0.05, 0.1) is 0 Å². The van der Waals surface area contributed by atoms with Crippen LogP contribution in [0.3, 0.4) is 0 Å². The second kappa shape index (κ2) is 2.55. The summed E-state index contributed by atoms with van der Waals surface area (Å²) in [6.07, 6.45) is 6.06. The second-order valence-electron chi connectivity index (χ2n) is 3.43. The molecule has 0 aromatic rings. The van der Waals surface area contributed by atoms with Crippen molar-refractivity contribution in [3.63, 3.8) is 0 Å². The summed E-state index contributed by atoms with van der Waals surface area (Å²) in [6, 6.07) is 0. The highest BCUT2D eigenvalue weighted by atomic mass is 14.2. The van der Waals surface area contributed by atoms with Crippen molar-refractivity contribution < 1.29 is 0 Å². The van der Waals surface area contributed by atoms with Crippen molar-refractivity contribution >= 4 is 0 Å². The molecule has 0 heteroatoms. The first kappa shape index (κ1) is 6.85. The van der Waals surface area contributed by atoms with Gasteiger partial charge >= 0.3 is 0 Å². The molecule has 0 saturated carbocycles. The summed E-state index contributed by atoms with van der Waals surface area (Å²) in [5, 5.41) is 0. The van der Waals surface area contributed by atoms with Crippen LogP contribution in [-0.4, -0.2) is 0 Å². The third-order valence-corrected chi connectivity index (χ3v) is 2.38. The predicted molar refractivity (Wildman–Crippen MR) is 41.2 cm³/mol. The first-order chi connectivity index (χ1) is 4.20. The van der Waals surface area contributed by atoms with Gasteiger partial charge in [0.1, 0.15) is 0 Å². The van der Waals surface area contributed by atoms with E-state index in [2.05, 4.69) is 32.9 Å². The molecular weight excluding hydrogens is 108 g/mol. The van der Waals surface area contributed by atoms with Crippen molar-refractivity contribution in [3.05, 3.63) is 12.2 Å². The molecule has 0 saturated heterocycles. The molecule has 0 aliphatic heterocycles. The highest BCUT2D eigenvalue weighted by Gasteiger charge is 2.15. The molecule has 3 unspecified atom stereocenters.